The Bertz CT molecular complexity index is 315. The van der Waals surface area contributed by atoms with Crippen molar-refractivity contribution < 1.29 is 4.79 Å². The predicted octanol–water partition coefficient (Wildman–Crippen LogP) is 2.21. The van der Waals surface area contributed by atoms with Gasteiger partial charge in [0.25, 0.3) is 5.91 Å². The molecular formula is C11H19ClN2OS. The summed E-state index contributed by atoms with van der Waals surface area (Å²) in [5, 5.41) is 10.0. The van der Waals surface area contributed by atoms with Crippen LogP contribution in [-0.4, -0.2) is 25.5 Å². The lowest BCUT2D eigenvalue weighted by molar-refractivity contribution is 0.0954. The molecule has 5 heteroatoms. The summed E-state index contributed by atoms with van der Waals surface area (Å²) in [4.78, 5) is 11.6. The first-order chi connectivity index (χ1) is 7.25. The van der Waals surface area contributed by atoms with Crippen molar-refractivity contribution >= 4 is 29.7 Å². The van der Waals surface area contributed by atoms with E-state index in [1.54, 1.807) is 11.3 Å². The maximum absolute atomic E-state index is 11.6. The van der Waals surface area contributed by atoms with Crippen LogP contribution in [0.5, 0.6) is 0 Å². The highest BCUT2D eigenvalue weighted by Gasteiger charge is 2.07. The first-order valence-electron chi connectivity index (χ1n) is 5.27. The lowest BCUT2D eigenvalue weighted by Gasteiger charge is -2.05. The van der Waals surface area contributed by atoms with E-state index >= 15 is 0 Å². The van der Waals surface area contributed by atoms with Crippen LogP contribution >= 0.6 is 23.7 Å². The van der Waals surface area contributed by atoms with E-state index in [4.69, 9.17) is 0 Å². The molecule has 0 aliphatic rings. The Kier molecular flexibility index (Phi) is 8.25. The van der Waals surface area contributed by atoms with Crippen LogP contribution < -0.4 is 10.6 Å². The quantitative estimate of drug-likeness (QED) is 0.772. The number of aryl methyl sites for hydroxylation is 1. The van der Waals surface area contributed by atoms with Gasteiger partial charge >= 0.3 is 0 Å². The first-order valence-corrected chi connectivity index (χ1v) is 6.21. The third kappa shape index (κ3) is 4.96. The Balaban J connectivity index is 0.00000225. The molecule has 1 amide bonds. The van der Waals surface area contributed by atoms with E-state index in [-0.39, 0.29) is 18.3 Å². The predicted molar refractivity (Wildman–Crippen MR) is 71.8 cm³/mol. The van der Waals surface area contributed by atoms with Gasteiger partial charge in [0.05, 0.1) is 5.56 Å². The topological polar surface area (TPSA) is 41.1 Å². The number of thiophene rings is 1. The normalized spacial score (nSPS) is 9.62. The molecular weight excluding hydrogens is 244 g/mol. The Labute approximate surface area is 107 Å². The Morgan fingerprint density at radius 1 is 1.31 bits per heavy atom. The number of rotatable bonds is 6. The number of carbonyl (C=O) groups is 1. The summed E-state index contributed by atoms with van der Waals surface area (Å²) in [6.07, 6.45) is 1.12. The van der Waals surface area contributed by atoms with Crippen molar-refractivity contribution in [1.29, 1.82) is 0 Å². The smallest absolute Gasteiger partial charge is 0.252 e. The van der Waals surface area contributed by atoms with Crippen LogP contribution in [-0.2, 0) is 0 Å². The second-order valence-corrected chi connectivity index (χ2v) is 4.22. The van der Waals surface area contributed by atoms with Gasteiger partial charge in [-0.25, -0.2) is 0 Å². The molecule has 1 heterocycles. The molecule has 1 aromatic heterocycles. The zero-order valence-corrected chi connectivity index (χ0v) is 11.3. The SMILES string of the molecule is CCCNCCNC(=O)c1cscc1C.Cl. The van der Waals surface area contributed by atoms with Crippen molar-refractivity contribution in [2.75, 3.05) is 19.6 Å². The van der Waals surface area contributed by atoms with Crippen molar-refractivity contribution in [3.8, 4) is 0 Å². The summed E-state index contributed by atoms with van der Waals surface area (Å²) in [7, 11) is 0. The minimum Gasteiger partial charge on any atom is -0.351 e. The Hall–Kier alpha value is -0.580. The number of hydrogen-bond donors (Lipinski definition) is 2. The highest BCUT2D eigenvalue weighted by atomic mass is 35.5. The van der Waals surface area contributed by atoms with Gasteiger partial charge < -0.3 is 10.6 Å². The molecule has 16 heavy (non-hydrogen) atoms. The number of hydrogen-bond acceptors (Lipinski definition) is 3. The van der Waals surface area contributed by atoms with Gasteiger partial charge in [-0.3, -0.25) is 4.79 Å². The molecule has 0 unspecified atom stereocenters. The molecule has 1 rings (SSSR count). The highest BCUT2D eigenvalue weighted by molar-refractivity contribution is 7.08. The molecule has 0 spiro atoms. The van der Waals surface area contributed by atoms with Crippen LogP contribution in [0.15, 0.2) is 10.8 Å². The molecule has 0 fully saturated rings. The zero-order valence-electron chi connectivity index (χ0n) is 9.71. The summed E-state index contributed by atoms with van der Waals surface area (Å²) < 4.78 is 0. The Morgan fingerprint density at radius 2 is 2.06 bits per heavy atom. The summed E-state index contributed by atoms with van der Waals surface area (Å²) in [5.74, 6) is 0.0343. The van der Waals surface area contributed by atoms with E-state index in [1.165, 1.54) is 0 Å². The fourth-order valence-corrected chi connectivity index (χ4v) is 2.08. The maximum Gasteiger partial charge on any atom is 0.252 e. The van der Waals surface area contributed by atoms with Gasteiger partial charge in [-0.2, -0.15) is 11.3 Å². The van der Waals surface area contributed by atoms with Crippen molar-refractivity contribution in [3.05, 3.63) is 21.9 Å². The highest BCUT2D eigenvalue weighted by Crippen LogP contribution is 2.12. The monoisotopic (exact) mass is 262 g/mol. The summed E-state index contributed by atoms with van der Waals surface area (Å²) in [6.45, 7) is 6.62. The van der Waals surface area contributed by atoms with Gasteiger partial charge in [-0.15, -0.1) is 12.4 Å². The first kappa shape index (κ1) is 15.4. The van der Waals surface area contributed by atoms with Crippen molar-refractivity contribution in [2.45, 2.75) is 20.3 Å². The van der Waals surface area contributed by atoms with E-state index in [2.05, 4.69) is 17.6 Å². The molecule has 0 aromatic carbocycles. The minimum atomic E-state index is 0. The minimum absolute atomic E-state index is 0. The third-order valence-electron chi connectivity index (χ3n) is 2.11. The van der Waals surface area contributed by atoms with Crippen LogP contribution in [0.2, 0.25) is 0 Å². The summed E-state index contributed by atoms with van der Waals surface area (Å²) >= 11 is 1.57. The largest absolute Gasteiger partial charge is 0.351 e. The van der Waals surface area contributed by atoms with E-state index in [0.717, 1.165) is 30.6 Å². The fourth-order valence-electron chi connectivity index (χ4n) is 1.25. The molecule has 92 valence electrons. The summed E-state index contributed by atoms with van der Waals surface area (Å²) in [6, 6.07) is 0. The van der Waals surface area contributed by atoms with Crippen LogP contribution in [0.3, 0.4) is 0 Å². The second-order valence-electron chi connectivity index (χ2n) is 3.47. The van der Waals surface area contributed by atoms with Crippen LogP contribution in [0.1, 0.15) is 29.3 Å². The zero-order chi connectivity index (χ0) is 11.1. The van der Waals surface area contributed by atoms with Gasteiger partial charge in [-0.1, -0.05) is 6.92 Å². The number of halogens is 1. The number of carbonyl (C=O) groups excluding carboxylic acids is 1. The molecule has 0 atom stereocenters. The van der Waals surface area contributed by atoms with Crippen LogP contribution in [0.25, 0.3) is 0 Å². The van der Waals surface area contributed by atoms with Crippen LogP contribution in [0, 0.1) is 6.92 Å². The van der Waals surface area contributed by atoms with Gasteiger partial charge in [-0.05, 0) is 30.8 Å². The third-order valence-corrected chi connectivity index (χ3v) is 2.98. The van der Waals surface area contributed by atoms with E-state index in [1.807, 2.05) is 17.7 Å². The van der Waals surface area contributed by atoms with Crippen molar-refractivity contribution in [3.63, 3.8) is 0 Å². The molecule has 0 aliphatic carbocycles. The van der Waals surface area contributed by atoms with Crippen molar-refractivity contribution in [2.24, 2.45) is 0 Å². The average Bonchev–Trinajstić information content (AvgIpc) is 2.64. The average molecular weight is 263 g/mol. The molecule has 1 aromatic rings. The number of nitrogens with one attached hydrogen (secondary N) is 2. The second kappa shape index (κ2) is 8.56. The Morgan fingerprint density at radius 3 is 2.62 bits per heavy atom. The molecule has 0 radical (unpaired) electrons. The van der Waals surface area contributed by atoms with Gasteiger partial charge in [0.2, 0.25) is 0 Å². The molecule has 0 saturated carbocycles. The van der Waals surface area contributed by atoms with Gasteiger partial charge in [0.15, 0.2) is 0 Å². The van der Waals surface area contributed by atoms with E-state index in [9.17, 15) is 4.79 Å². The van der Waals surface area contributed by atoms with E-state index < -0.39 is 0 Å². The van der Waals surface area contributed by atoms with E-state index in [0.29, 0.717) is 6.54 Å². The molecule has 0 bridgehead atoms. The molecule has 0 saturated heterocycles. The lowest BCUT2D eigenvalue weighted by atomic mass is 10.2. The standard InChI is InChI=1S/C11H18N2OS.ClH/c1-3-4-12-5-6-13-11(14)10-8-15-7-9(10)2;/h7-8,12H,3-6H2,1-2H3,(H,13,14);1H. The molecule has 0 aliphatic heterocycles. The summed E-state index contributed by atoms with van der Waals surface area (Å²) in [5.41, 5.74) is 1.86. The van der Waals surface area contributed by atoms with Gasteiger partial charge in [0, 0.05) is 18.5 Å². The molecule has 3 nitrogen and oxygen atoms in total. The van der Waals surface area contributed by atoms with Gasteiger partial charge in [0.1, 0.15) is 0 Å². The fraction of sp³-hybridized carbons (Fsp3) is 0.545. The molecule has 2 N–H and O–H groups in total. The maximum atomic E-state index is 11.6. The number of amides is 1. The van der Waals surface area contributed by atoms with Crippen molar-refractivity contribution in [1.82, 2.24) is 10.6 Å². The lowest BCUT2D eigenvalue weighted by Crippen LogP contribution is -2.32. The van der Waals surface area contributed by atoms with Crippen LogP contribution in [0.4, 0.5) is 0 Å².